The lowest BCUT2D eigenvalue weighted by molar-refractivity contribution is 0.0343. The van der Waals surface area contributed by atoms with Crippen molar-refractivity contribution in [3.63, 3.8) is 0 Å². The summed E-state index contributed by atoms with van der Waals surface area (Å²) < 4.78 is 28.5. The Balaban J connectivity index is 1.71. The van der Waals surface area contributed by atoms with Crippen LogP contribution in [0.15, 0.2) is 12.1 Å². The van der Waals surface area contributed by atoms with E-state index >= 15 is 0 Å². The molecule has 1 amide bonds. The molecule has 0 radical (unpaired) electrons. The summed E-state index contributed by atoms with van der Waals surface area (Å²) in [6, 6.07) is 3.18. The number of hydrogen-bond acceptors (Lipinski definition) is 7. The minimum atomic E-state index is -0.891. The second kappa shape index (κ2) is 10.4. The Morgan fingerprint density at radius 2 is 2.13 bits per heavy atom. The third-order valence-electron chi connectivity index (χ3n) is 5.83. The third-order valence-corrected chi connectivity index (χ3v) is 5.83. The zero-order valence-electron chi connectivity index (χ0n) is 17.8. The van der Waals surface area contributed by atoms with E-state index in [0.29, 0.717) is 18.4 Å². The van der Waals surface area contributed by atoms with Crippen molar-refractivity contribution in [2.75, 3.05) is 51.8 Å². The van der Waals surface area contributed by atoms with E-state index in [1.54, 1.807) is 13.2 Å². The van der Waals surface area contributed by atoms with Crippen molar-refractivity contribution in [1.82, 2.24) is 10.3 Å². The lowest BCUT2D eigenvalue weighted by Crippen LogP contribution is -2.52. The van der Waals surface area contributed by atoms with Gasteiger partial charge in [0.25, 0.3) is 5.91 Å². The average molecular weight is 426 g/mol. The molecule has 1 saturated carbocycles. The molecule has 0 bridgehead atoms. The number of amides is 1. The molecule has 1 aliphatic carbocycles. The van der Waals surface area contributed by atoms with Gasteiger partial charge in [-0.15, -0.1) is 0 Å². The number of methoxy groups -OCH3 is 1. The van der Waals surface area contributed by atoms with E-state index in [2.05, 4.69) is 15.2 Å². The highest BCUT2D eigenvalue weighted by atomic mass is 19.1. The topological polar surface area (TPSA) is 93.2 Å². The number of alkyl halides is 1. The summed E-state index contributed by atoms with van der Waals surface area (Å²) in [6.07, 6.45) is 1.11. The molecule has 1 aromatic rings. The van der Waals surface area contributed by atoms with E-state index in [1.807, 2.05) is 19.9 Å². The molecule has 2 heterocycles. The quantitative estimate of drug-likeness (QED) is 0.526. The second-order valence-corrected chi connectivity index (χ2v) is 8.34. The summed E-state index contributed by atoms with van der Waals surface area (Å²) in [4.78, 5) is 19.3. The largest absolute Gasteiger partial charge is 0.476 e. The van der Waals surface area contributed by atoms with Gasteiger partial charge >= 0.3 is 0 Å². The Morgan fingerprint density at radius 3 is 2.73 bits per heavy atom. The van der Waals surface area contributed by atoms with Crippen LogP contribution in [0.2, 0.25) is 0 Å². The smallest absolute Gasteiger partial charge is 0.270 e. The summed E-state index contributed by atoms with van der Waals surface area (Å²) in [5.41, 5.74) is 1.06. The zero-order valence-corrected chi connectivity index (χ0v) is 17.8. The molecule has 1 saturated heterocycles. The van der Waals surface area contributed by atoms with Crippen LogP contribution in [0, 0.1) is 17.8 Å². The van der Waals surface area contributed by atoms with E-state index in [-0.39, 0.29) is 48.8 Å². The minimum absolute atomic E-state index is 0.0767. The summed E-state index contributed by atoms with van der Waals surface area (Å²) in [6.45, 7) is 5.15. The summed E-state index contributed by atoms with van der Waals surface area (Å²) >= 11 is 0. The Bertz CT molecular complexity index is 714. The van der Waals surface area contributed by atoms with Gasteiger partial charge in [0.2, 0.25) is 5.88 Å². The number of ether oxygens (including phenoxy) is 3. The van der Waals surface area contributed by atoms with Gasteiger partial charge in [-0.2, -0.15) is 0 Å². The molecule has 3 atom stereocenters. The van der Waals surface area contributed by atoms with Gasteiger partial charge in [-0.05, 0) is 36.3 Å². The number of nitrogens with one attached hydrogen (secondary N) is 1. The highest BCUT2D eigenvalue weighted by Crippen LogP contribution is 2.39. The Hall–Kier alpha value is -1.97. The highest BCUT2D eigenvalue weighted by Gasteiger charge is 2.37. The molecular formula is C21H32FN3O5. The van der Waals surface area contributed by atoms with Crippen LogP contribution in [0.4, 0.5) is 10.1 Å². The number of hydrogen-bond donors (Lipinski definition) is 2. The van der Waals surface area contributed by atoms with Gasteiger partial charge in [0.15, 0.2) is 6.86 Å². The van der Waals surface area contributed by atoms with Crippen molar-refractivity contribution < 1.29 is 28.5 Å². The fraction of sp³-hybridized carbons (Fsp3) is 0.714. The molecule has 8 nitrogen and oxygen atoms in total. The lowest BCUT2D eigenvalue weighted by atomic mass is 10.1. The van der Waals surface area contributed by atoms with Crippen molar-refractivity contribution in [2.24, 2.45) is 17.8 Å². The molecule has 9 heteroatoms. The van der Waals surface area contributed by atoms with Crippen LogP contribution in [0.1, 0.15) is 30.8 Å². The monoisotopic (exact) mass is 425 g/mol. The number of rotatable bonds is 12. The molecule has 0 spiro atoms. The van der Waals surface area contributed by atoms with Crippen LogP contribution in [0.3, 0.4) is 0 Å². The molecule has 168 valence electrons. The Kier molecular flexibility index (Phi) is 7.85. The normalized spacial score (nSPS) is 22.0. The lowest BCUT2D eigenvalue weighted by Gasteiger charge is -2.40. The van der Waals surface area contributed by atoms with Crippen LogP contribution < -0.4 is 15.0 Å². The first-order chi connectivity index (χ1) is 14.5. The Morgan fingerprint density at radius 1 is 1.37 bits per heavy atom. The molecule has 1 aromatic heterocycles. The number of anilines is 1. The van der Waals surface area contributed by atoms with Crippen LogP contribution >= 0.6 is 0 Å². The number of aliphatic hydroxyl groups is 1. The number of aromatic nitrogens is 1. The minimum Gasteiger partial charge on any atom is -0.476 e. The average Bonchev–Trinajstić information content (AvgIpc) is 3.47. The molecule has 2 fully saturated rings. The molecule has 0 unspecified atom stereocenters. The van der Waals surface area contributed by atoms with Crippen molar-refractivity contribution in [2.45, 2.75) is 32.4 Å². The van der Waals surface area contributed by atoms with Gasteiger partial charge in [0.05, 0.1) is 25.4 Å². The van der Waals surface area contributed by atoms with E-state index in [0.717, 1.165) is 25.2 Å². The first-order valence-corrected chi connectivity index (χ1v) is 10.4. The van der Waals surface area contributed by atoms with E-state index in [1.165, 1.54) is 0 Å². The summed E-state index contributed by atoms with van der Waals surface area (Å²) in [5, 5.41) is 12.1. The SMILES string of the molecule is COC1CN(c2ccc(C(=O)N[C@H](COCF)C(C)C)nc2OC[C@H]2C[C@@H]2CO)C1. The molecule has 1 aliphatic heterocycles. The predicted octanol–water partition coefficient (Wildman–Crippen LogP) is 1.62. The van der Waals surface area contributed by atoms with Crippen LogP contribution in [-0.2, 0) is 9.47 Å². The fourth-order valence-corrected chi connectivity index (χ4v) is 3.43. The first kappa shape index (κ1) is 22.7. The number of halogens is 1. The zero-order chi connectivity index (χ0) is 21.7. The van der Waals surface area contributed by atoms with Gasteiger partial charge in [0.1, 0.15) is 11.4 Å². The molecule has 2 N–H and O–H groups in total. The van der Waals surface area contributed by atoms with E-state index in [4.69, 9.17) is 14.2 Å². The summed E-state index contributed by atoms with van der Waals surface area (Å²) in [7, 11) is 1.69. The second-order valence-electron chi connectivity index (χ2n) is 8.34. The number of aliphatic hydroxyl groups excluding tert-OH is 1. The van der Waals surface area contributed by atoms with Crippen LogP contribution in [0.5, 0.6) is 5.88 Å². The molecule has 0 aromatic carbocycles. The maximum absolute atomic E-state index is 12.7. The predicted molar refractivity (Wildman–Crippen MR) is 109 cm³/mol. The number of pyridine rings is 1. The van der Waals surface area contributed by atoms with Crippen LogP contribution in [-0.4, -0.2) is 75.0 Å². The number of carbonyl (C=O) groups is 1. The van der Waals surface area contributed by atoms with Gasteiger partial charge < -0.3 is 29.5 Å². The van der Waals surface area contributed by atoms with Crippen molar-refractivity contribution >= 4 is 11.6 Å². The maximum atomic E-state index is 12.7. The number of carbonyl (C=O) groups excluding carboxylic acids is 1. The highest BCUT2D eigenvalue weighted by molar-refractivity contribution is 5.93. The van der Waals surface area contributed by atoms with Gasteiger partial charge in [-0.1, -0.05) is 13.8 Å². The molecule has 30 heavy (non-hydrogen) atoms. The number of nitrogens with zero attached hydrogens (tertiary/aromatic N) is 2. The standard InChI is InChI=1S/C21H32FN3O5/c1-13(2)18(11-29-12-22)23-20(27)17-4-5-19(25-7-16(8-25)28-3)21(24-17)30-10-15-6-14(15)9-26/h4-5,13-16,18,26H,6-12H2,1-3H3,(H,23,27)/t14-,15-,18-/m1/s1. The Labute approximate surface area is 176 Å². The van der Waals surface area contributed by atoms with Crippen molar-refractivity contribution in [3.05, 3.63) is 17.8 Å². The van der Waals surface area contributed by atoms with Gasteiger partial charge in [-0.3, -0.25) is 4.79 Å². The molecule has 3 rings (SSSR count). The van der Waals surface area contributed by atoms with Gasteiger partial charge in [-0.25, -0.2) is 9.37 Å². The first-order valence-electron chi connectivity index (χ1n) is 10.4. The molecular weight excluding hydrogens is 393 g/mol. The summed E-state index contributed by atoms with van der Waals surface area (Å²) in [5.74, 6) is 0.720. The fourth-order valence-electron chi connectivity index (χ4n) is 3.43. The maximum Gasteiger partial charge on any atom is 0.270 e. The van der Waals surface area contributed by atoms with E-state index in [9.17, 15) is 14.3 Å². The van der Waals surface area contributed by atoms with Crippen molar-refractivity contribution in [1.29, 1.82) is 0 Å². The molecule has 2 aliphatic rings. The van der Waals surface area contributed by atoms with Crippen molar-refractivity contribution in [3.8, 4) is 5.88 Å². The van der Waals surface area contributed by atoms with Crippen LogP contribution in [0.25, 0.3) is 0 Å². The van der Waals surface area contributed by atoms with Gasteiger partial charge in [0, 0.05) is 26.8 Å². The third kappa shape index (κ3) is 5.59. The van der Waals surface area contributed by atoms with E-state index < -0.39 is 6.86 Å².